The third-order valence-corrected chi connectivity index (χ3v) is 9.63. The zero-order chi connectivity index (χ0) is 35.2. The van der Waals surface area contributed by atoms with Crippen molar-refractivity contribution in [1.82, 2.24) is 15.3 Å². The van der Waals surface area contributed by atoms with Crippen molar-refractivity contribution in [2.24, 2.45) is 0 Å². The molecule has 0 saturated heterocycles. The van der Waals surface area contributed by atoms with Crippen LogP contribution in [-0.4, -0.2) is 44.6 Å². The van der Waals surface area contributed by atoms with Gasteiger partial charge in [-0.15, -0.1) is 0 Å². The molecule has 0 unspecified atom stereocenters. The van der Waals surface area contributed by atoms with Gasteiger partial charge in [0.05, 0.1) is 28.9 Å². The van der Waals surface area contributed by atoms with Crippen LogP contribution in [0.5, 0.6) is 5.75 Å². The van der Waals surface area contributed by atoms with Crippen molar-refractivity contribution in [2.45, 2.75) is 6.61 Å². The van der Waals surface area contributed by atoms with Crippen molar-refractivity contribution >= 4 is 43.5 Å². The Bertz CT molecular complexity index is 2510. The molecule has 50 heavy (non-hydrogen) atoms. The lowest BCUT2D eigenvalue weighted by atomic mass is 10.0. The number of benzene rings is 4. The quantitative estimate of drug-likeness (QED) is 0.159. The van der Waals surface area contributed by atoms with E-state index in [0.717, 1.165) is 16.1 Å². The highest BCUT2D eigenvalue weighted by atomic mass is 32.2. The number of nitrogens with one attached hydrogen (secondary N) is 2. The summed E-state index contributed by atoms with van der Waals surface area (Å²) in [5.41, 5.74) is 4.09. The summed E-state index contributed by atoms with van der Waals surface area (Å²) in [5.74, 6) is -0.744. The number of amides is 1. The van der Waals surface area contributed by atoms with Crippen molar-refractivity contribution in [3.8, 4) is 39.7 Å². The van der Waals surface area contributed by atoms with Crippen LogP contribution in [0.2, 0.25) is 0 Å². The first kappa shape index (κ1) is 32.5. The monoisotopic (exact) mass is 692 g/mol. The second-order valence-electron chi connectivity index (χ2n) is 11.7. The summed E-state index contributed by atoms with van der Waals surface area (Å²) in [5, 5.41) is 3.38. The molecule has 0 spiro atoms. The van der Waals surface area contributed by atoms with Crippen LogP contribution >= 0.6 is 0 Å². The van der Waals surface area contributed by atoms with Crippen molar-refractivity contribution in [3.63, 3.8) is 0 Å². The molecule has 0 aliphatic rings. The van der Waals surface area contributed by atoms with E-state index in [4.69, 9.17) is 14.1 Å². The highest BCUT2D eigenvalue weighted by Crippen LogP contribution is 2.42. The number of hydrogen-bond donors (Lipinski definition) is 2. The molecule has 0 saturated carbocycles. The number of anilines is 1. The molecule has 252 valence electrons. The molecule has 7 rings (SSSR count). The van der Waals surface area contributed by atoms with Gasteiger partial charge in [-0.25, -0.2) is 22.2 Å². The molecule has 0 radical (unpaired) electrons. The SMILES string of the molecule is CNC(=O)c1c(-c2ccc(F)cc2)oc2cc(N(C)S(C)(=O)=O)c(-c3ccc(OCc4ccccc4)c(-c4cc5c(F)cccc5[nH]4)n3)cc12. The Morgan fingerprint density at radius 2 is 1.70 bits per heavy atom. The summed E-state index contributed by atoms with van der Waals surface area (Å²) < 4.78 is 68.0. The summed E-state index contributed by atoms with van der Waals surface area (Å²) >= 11 is 0. The second kappa shape index (κ2) is 12.8. The fraction of sp³-hybridized carbons (Fsp3) is 0.105. The molecular weight excluding hydrogens is 663 g/mol. The number of aromatic nitrogens is 2. The Hall–Kier alpha value is -6.01. The Morgan fingerprint density at radius 1 is 0.940 bits per heavy atom. The lowest BCUT2D eigenvalue weighted by Gasteiger charge is -2.21. The molecule has 0 bridgehead atoms. The van der Waals surface area contributed by atoms with Gasteiger partial charge >= 0.3 is 0 Å². The molecule has 1 amide bonds. The topological polar surface area (TPSA) is 118 Å². The molecule has 4 aromatic carbocycles. The smallest absolute Gasteiger partial charge is 0.255 e. The Labute approximate surface area is 286 Å². The minimum Gasteiger partial charge on any atom is -0.487 e. The normalized spacial score (nSPS) is 11.6. The first-order valence-electron chi connectivity index (χ1n) is 15.5. The lowest BCUT2D eigenvalue weighted by Crippen LogP contribution is -2.25. The number of pyridine rings is 1. The van der Waals surface area contributed by atoms with E-state index < -0.39 is 27.6 Å². The largest absolute Gasteiger partial charge is 0.487 e. The number of sulfonamides is 1. The van der Waals surface area contributed by atoms with Crippen LogP contribution in [0.15, 0.2) is 108 Å². The van der Waals surface area contributed by atoms with Crippen LogP contribution in [0.25, 0.3) is 55.8 Å². The number of rotatable bonds is 9. The maximum absolute atomic E-state index is 14.8. The summed E-state index contributed by atoms with van der Waals surface area (Å²) in [4.78, 5) is 21.6. The average Bonchev–Trinajstić information content (AvgIpc) is 3.72. The number of hydrogen-bond acceptors (Lipinski definition) is 6. The molecule has 0 aliphatic carbocycles. The zero-order valence-electron chi connectivity index (χ0n) is 27.1. The van der Waals surface area contributed by atoms with Gasteiger partial charge in [-0.2, -0.15) is 0 Å². The molecule has 3 aromatic heterocycles. The maximum atomic E-state index is 14.8. The number of aromatic amines is 1. The summed E-state index contributed by atoms with van der Waals surface area (Å²) in [7, 11) is -0.913. The molecule has 0 atom stereocenters. The number of nitrogens with zero attached hydrogens (tertiary/aromatic N) is 2. The van der Waals surface area contributed by atoms with E-state index >= 15 is 0 Å². The van der Waals surface area contributed by atoms with E-state index in [1.165, 1.54) is 50.5 Å². The van der Waals surface area contributed by atoms with Crippen LogP contribution in [0.1, 0.15) is 15.9 Å². The predicted molar refractivity (Wildman–Crippen MR) is 190 cm³/mol. The fourth-order valence-electron chi connectivity index (χ4n) is 5.82. The Kier molecular flexibility index (Phi) is 8.32. The van der Waals surface area contributed by atoms with Crippen LogP contribution in [0.4, 0.5) is 14.5 Å². The number of carbonyl (C=O) groups excluding carboxylic acids is 1. The van der Waals surface area contributed by atoms with Gasteiger partial charge in [0, 0.05) is 47.6 Å². The number of furan rings is 1. The van der Waals surface area contributed by atoms with E-state index in [1.807, 2.05) is 30.3 Å². The number of ether oxygens (including phenoxy) is 1. The fourth-order valence-corrected chi connectivity index (χ4v) is 6.33. The average molecular weight is 693 g/mol. The Morgan fingerprint density at radius 3 is 2.40 bits per heavy atom. The number of carbonyl (C=O) groups is 1. The molecule has 2 N–H and O–H groups in total. The highest BCUT2D eigenvalue weighted by molar-refractivity contribution is 7.92. The van der Waals surface area contributed by atoms with Gasteiger partial charge in [0.15, 0.2) is 0 Å². The van der Waals surface area contributed by atoms with Gasteiger partial charge in [-0.05, 0) is 66.2 Å². The first-order chi connectivity index (χ1) is 24.0. The molecule has 0 fully saturated rings. The summed E-state index contributed by atoms with van der Waals surface area (Å²) in [6.45, 7) is 0.230. The van der Waals surface area contributed by atoms with Gasteiger partial charge in [0.25, 0.3) is 5.91 Å². The molecular formula is C38H30F2N4O5S. The van der Waals surface area contributed by atoms with E-state index in [9.17, 15) is 22.0 Å². The van der Waals surface area contributed by atoms with Crippen LogP contribution in [-0.2, 0) is 16.6 Å². The van der Waals surface area contributed by atoms with E-state index in [0.29, 0.717) is 50.2 Å². The van der Waals surface area contributed by atoms with Gasteiger partial charge in [0.1, 0.15) is 41.0 Å². The molecule has 12 heteroatoms. The van der Waals surface area contributed by atoms with E-state index in [-0.39, 0.29) is 29.2 Å². The first-order valence-corrected chi connectivity index (χ1v) is 17.3. The van der Waals surface area contributed by atoms with Crippen LogP contribution < -0.4 is 14.4 Å². The van der Waals surface area contributed by atoms with Gasteiger partial charge in [-0.1, -0.05) is 36.4 Å². The van der Waals surface area contributed by atoms with Gasteiger partial charge < -0.3 is 19.5 Å². The molecule has 7 aromatic rings. The lowest BCUT2D eigenvalue weighted by molar-refractivity contribution is 0.0964. The van der Waals surface area contributed by atoms with E-state index in [2.05, 4.69) is 10.3 Å². The van der Waals surface area contributed by atoms with Crippen LogP contribution in [0, 0.1) is 11.6 Å². The highest BCUT2D eigenvalue weighted by Gasteiger charge is 2.27. The number of fused-ring (bicyclic) bond motifs is 2. The minimum atomic E-state index is -3.80. The van der Waals surface area contributed by atoms with E-state index in [1.54, 1.807) is 36.4 Å². The number of halogens is 2. The number of H-pyrrole nitrogens is 1. The van der Waals surface area contributed by atoms with Crippen molar-refractivity contribution < 1.29 is 31.1 Å². The Balaban J connectivity index is 1.46. The van der Waals surface area contributed by atoms with Crippen molar-refractivity contribution in [2.75, 3.05) is 24.7 Å². The maximum Gasteiger partial charge on any atom is 0.255 e. The third-order valence-electron chi connectivity index (χ3n) is 8.44. The third kappa shape index (κ3) is 6.05. The van der Waals surface area contributed by atoms with Gasteiger partial charge in [0.2, 0.25) is 10.0 Å². The van der Waals surface area contributed by atoms with Crippen molar-refractivity contribution in [3.05, 3.63) is 126 Å². The standard InChI is InChI=1S/C38H30F2N4O5S/c1-41-38(45)35-27-18-26(32(44(2)50(3,46)47)20-34(27)49-37(35)23-12-14-24(39)15-13-23)30-16-17-33(48-21-22-8-5-4-6-9-22)36(43-30)31-19-25-28(40)10-7-11-29(25)42-31/h4-20,42H,21H2,1-3H3,(H,41,45). The molecule has 9 nitrogen and oxygen atoms in total. The molecule has 3 heterocycles. The van der Waals surface area contributed by atoms with Gasteiger partial charge in [-0.3, -0.25) is 9.10 Å². The van der Waals surface area contributed by atoms with Crippen molar-refractivity contribution in [1.29, 1.82) is 0 Å². The predicted octanol–water partition coefficient (Wildman–Crippen LogP) is 7.92. The minimum absolute atomic E-state index is 0.179. The second-order valence-corrected chi connectivity index (χ2v) is 13.7. The van der Waals surface area contributed by atoms with Crippen LogP contribution in [0.3, 0.4) is 0 Å². The summed E-state index contributed by atoms with van der Waals surface area (Å²) in [6.07, 6.45) is 1.07. The molecule has 0 aliphatic heterocycles. The zero-order valence-corrected chi connectivity index (χ0v) is 27.9. The summed E-state index contributed by atoms with van der Waals surface area (Å²) in [6, 6.07) is 28.0.